The molecule has 1 aromatic heterocycles. The lowest BCUT2D eigenvalue weighted by atomic mass is 10.0. The lowest BCUT2D eigenvalue weighted by Gasteiger charge is -2.23. The zero-order valence-corrected chi connectivity index (χ0v) is 18.1. The maximum atomic E-state index is 14.4. The predicted octanol–water partition coefficient (Wildman–Crippen LogP) is 4.95. The molecule has 0 amide bonds. The molecular formula is C22H21ClFNO4S. The predicted molar refractivity (Wildman–Crippen MR) is 114 cm³/mol. The van der Waals surface area contributed by atoms with Crippen molar-refractivity contribution in [3.8, 4) is 0 Å². The third kappa shape index (κ3) is 3.50. The van der Waals surface area contributed by atoms with Crippen LogP contribution in [0.1, 0.15) is 48.5 Å². The van der Waals surface area contributed by atoms with E-state index in [9.17, 15) is 22.7 Å². The number of fused-ring (bicyclic) bond motifs is 3. The highest BCUT2D eigenvalue weighted by Crippen LogP contribution is 2.46. The fourth-order valence-electron chi connectivity index (χ4n) is 4.60. The van der Waals surface area contributed by atoms with Crippen LogP contribution in [0.15, 0.2) is 41.3 Å². The van der Waals surface area contributed by atoms with E-state index in [0.717, 1.165) is 29.1 Å². The van der Waals surface area contributed by atoms with Crippen LogP contribution in [-0.4, -0.2) is 30.3 Å². The van der Waals surface area contributed by atoms with Crippen molar-refractivity contribution in [1.82, 2.24) is 4.57 Å². The van der Waals surface area contributed by atoms with Gasteiger partial charge in [-0.15, -0.1) is 0 Å². The van der Waals surface area contributed by atoms with Crippen molar-refractivity contribution in [2.24, 2.45) is 0 Å². The minimum absolute atomic E-state index is 0.0622. The molecule has 2 atom stereocenters. The summed E-state index contributed by atoms with van der Waals surface area (Å²) in [5.74, 6) is -1.81. The maximum absolute atomic E-state index is 14.4. The summed E-state index contributed by atoms with van der Waals surface area (Å²) in [7, 11) is -3.72. The van der Waals surface area contributed by atoms with E-state index >= 15 is 0 Å². The van der Waals surface area contributed by atoms with Crippen LogP contribution in [0.25, 0.3) is 10.9 Å². The van der Waals surface area contributed by atoms with Gasteiger partial charge in [-0.25, -0.2) is 12.8 Å². The zero-order valence-electron chi connectivity index (χ0n) is 16.5. The van der Waals surface area contributed by atoms with Gasteiger partial charge in [0.25, 0.3) is 0 Å². The van der Waals surface area contributed by atoms with E-state index in [2.05, 4.69) is 0 Å². The second kappa shape index (κ2) is 7.39. The van der Waals surface area contributed by atoms with Crippen molar-refractivity contribution in [1.29, 1.82) is 0 Å². The van der Waals surface area contributed by atoms with Gasteiger partial charge in [-0.1, -0.05) is 23.7 Å². The normalized spacial score (nSPS) is 17.3. The smallest absolute Gasteiger partial charge is 0.304 e. The Morgan fingerprint density at radius 2 is 1.97 bits per heavy atom. The van der Waals surface area contributed by atoms with Crippen molar-refractivity contribution in [2.45, 2.75) is 43.0 Å². The fraction of sp³-hybridized carbons (Fsp3) is 0.318. The molecule has 1 aliphatic carbocycles. The molecule has 0 saturated heterocycles. The number of hydrogen-bond acceptors (Lipinski definition) is 3. The minimum Gasteiger partial charge on any atom is -0.481 e. The number of carboxylic acid groups (broad SMARTS) is 1. The number of aromatic nitrogens is 1. The summed E-state index contributed by atoms with van der Waals surface area (Å²) in [6.45, 7) is 1.93. The highest BCUT2D eigenvalue weighted by atomic mass is 35.5. The monoisotopic (exact) mass is 449 g/mol. The molecule has 0 saturated carbocycles. The standard InChI is InChI=1S/C22H21ClFNO4S/c1-12(13-3-6-15(23)7-4-13)25-21-14(9-20(26)27)5-8-17(21)18-10-16(24)11-19(22(18)25)30(2,28)29/h3-4,6-7,10-12,14H,5,8-9H2,1-2H3,(H,26,27)/t12?,14-/m1/s1. The molecular weight excluding hydrogens is 429 g/mol. The second-order valence-corrected chi connectivity index (χ2v) is 10.3. The molecule has 1 N–H and O–H groups in total. The summed E-state index contributed by atoms with van der Waals surface area (Å²) in [4.78, 5) is 11.4. The van der Waals surface area contributed by atoms with Crippen molar-refractivity contribution in [2.75, 3.05) is 6.26 Å². The van der Waals surface area contributed by atoms with E-state index < -0.39 is 21.6 Å². The molecule has 0 radical (unpaired) electrons. The van der Waals surface area contributed by atoms with Crippen molar-refractivity contribution in [3.63, 3.8) is 0 Å². The number of aliphatic carboxylic acids is 1. The molecule has 1 heterocycles. The first-order valence-electron chi connectivity index (χ1n) is 9.61. The van der Waals surface area contributed by atoms with E-state index in [1.54, 1.807) is 12.1 Å². The fourth-order valence-corrected chi connectivity index (χ4v) is 5.61. The van der Waals surface area contributed by atoms with Crippen LogP contribution < -0.4 is 0 Å². The molecule has 158 valence electrons. The van der Waals surface area contributed by atoms with Gasteiger partial charge in [0.1, 0.15) is 5.82 Å². The Labute approximate surface area is 179 Å². The molecule has 0 aliphatic heterocycles. The van der Waals surface area contributed by atoms with E-state index in [0.29, 0.717) is 28.8 Å². The Kier molecular flexibility index (Phi) is 5.14. The first-order chi connectivity index (χ1) is 14.1. The van der Waals surface area contributed by atoms with E-state index in [1.807, 2.05) is 23.6 Å². The van der Waals surface area contributed by atoms with Crippen molar-refractivity contribution in [3.05, 3.63) is 64.1 Å². The number of sulfone groups is 1. The van der Waals surface area contributed by atoms with E-state index in [1.165, 1.54) is 6.07 Å². The zero-order chi connectivity index (χ0) is 21.8. The number of aryl methyl sites for hydroxylation is 1. The quantitative estimate of drug-likeness (QED) is 0.597. The van der Waals surface area contributed by atoms with Crippen molar-refractivity contribution < 1.29 is 22.7 Å². The highest BCUT2D eigenvalue weighted by molar-refractivity contribution is 7.91. The number of halogens is 2. The van der Waals surface area contributed by atoms with Crippen LogP contribution >= 0.6 is 11.6 Å². The van der Waals surface area contributed by atoms with Crippen LogP contribution in [0.4, 0.5) is 4.39 Å². The topological polar surface area (TPSA) is 76.4 Å². The Hall–Kier alpha value is -2.38. The average molecular weight is 450 g/mol. The third-order valence-corrected chi connectivity index (χ3v) is 7.23. The molecule has 3 aromatic rings. The Morgan fingerprint density at radius 1 is 1.30 bits per heavy atom. The van der Waals surface area contributed by atoms with Crippen LogP contribution in [0, 0.1) is 5.82 Å². The Morgan fingerprint density at radius 3 is 2.57 bits per heavy atom. The summed E-state index contributed by atoms with van der Waals surface area (Å²) in [6.07, 6.45) is 2.21. The Bertz CT molecular complexity index is 1260. The average Bonchev–Trinajstić information content (AvgIpc) is 3.18. The maximum Gasteiger partial charge on any atom is 0.304 e. The highest BCUT2D eigenvalue weighted by Gasteiger charge is 2.35. The Balaban J connectivity index is 2.08. The lowest BCUT2D eigenvalue weighted by molar-refractivity contribution is -0.137. The molecule has 0 spiro atoms. The van der Waals surface area contributed by atoms with Gasteiger partial charge in [0.15, 0.2) is 9.84 Å². The lowest BCUT2D eigenvalue weighted by Crippen LogP contribution is -2.15. The minimum atomic E-state index is -3.72. The summed E-state index contributed by atoms with van der Waals surface area (Å²) >= 11 is 6.02. The van der Waals surface area contributed by atoms with Gasteiger partial charge in [0.2, 0.25) is 0 Å². The number of hydrogen-bond donors (Lipinski definition) is 1. The number of carbonyl (C=O) groups is 1. The molecule has 1 aliphatic rings. The molecule has 2 aromatic carbocycles. The van der Waals surface area contributed by atoms with Crippen LogP contribution in [0.3, 0.4) is 0 Å². The number of carboxylic acids is 1. The largest absolute Gasteiger partial charge is 0.481 e. The summed E-state index contributed by atoms with van der Waals surface area (Å²) in [5, 5.41) is 10.5. The first kappa shape index (κ1) is 20.9. The van der Waals surface area contributed by atoms with Crippen LogP contribution in [0.2, 0.25) is 5.02 Å². The van der Waals surface area contributed by atoms with Gasteiger partial charge in [0.05, 0.1) is 22.9 Å². The molecule has 1 unspecified atom stereocenters. The van der Waals surface area contributed by atoms with Gasteiger partial charge in [-0.2, -0.15) is 0 Å². The first-order valence-corrected chi connectivity index (χ1v) is 11.9. The van der Waals surface area contributed by atoms with Gasteiger partial charge < -0.3 is 9.67 Å². The molecule has 8 heteroatoms. The number of rotatable bonds is 5. The number of nitrogens with zero attached hydrogens (tertiary/aromatic N) is 1. The third-order valence-electron chi connectivity index (χ3n) is 5.86. The van der Waals surface area contributed by atoms with Crippen molar-refractivity contribution >= 4 is 38.3 Å². The van der Waals surface area contributed by atoms with Gasteiger partial charge >= 0.3 is 5.97 Å². The molecule has 0 bridgehead atoms. The summed E-state index contributed by atoms with van der Waals surface area (Å²) in [5.41, 5.74) is 2.94. The molecule has 0 fully saturated rings. The SMILES string of the molecule is CC(c1ccc(Cl)cc1)n1c2c(c3cc(F)cc(S(C)(=O)=O)c31)CC[C@@H]2CC(=O)O. The van der Waals surface area contributed by atoms with E-state index in [-0.39, 0.29) is 23.3 Å². The van der Waals surface area contributed by atoms with Crippen LogP contribution in [-0.2, 0) is 21.1 Å². The van der Waals surface area contributed by atoms with Gasteiger partial charge in [-0.3, -0.25) is 4.79 Å². The van der Waals surface area contributed by atoms with Gasteiger partial charge in [-0.05, 0) is 55.2 Å². The molecule has 5 nitrogen and oxygen atoms in total. The number of benzene rings is 2. The summed E-state index contributed by atoms with van der Waals surface area (Å²) in [6, 6.07) is 9.33. The molecule has 30 heavy (non-hydrogen) atoms. The van der Waals surface area contributed by atoms with Crippen LogP contribution in [0.5, 0.6) is 0 Å². The second-order valence-electron chi connectivity index (χ2n) is 7.87. The summed E-state index contributed by atoms with van der Waals surface area (Å²) < 4.78 is 41.4. The molecule has 4 rings (SSSR count). The van der Waals surface area contributed by atoms with E-state index in [4.69, 9.17) is 11.6 Å². The van der Waals surface area contributed by atoms with Gasteiger partial charge in [0, 0.05) is 28.3 Å².